The Morgan fingerprint density at radius 3 is 2.64 bits per heavy atom. The van der Waals surface area contributed by atoms with Crippen LogP contribution in [0.25, 0.3) is 0 Å². The monoisotopic (exact) mass is 319 g/mol. The maximum atomic E-state index is 12.6. The quantitative estimate of drug-likeness (QED) is 0.785. The zero-order chi connectivity index (χ0) is 15.9. The lowest BCUT2D eigenvalue weighted by molar-refractivity contribution is -0.130. The van der Waals surface area contributed by atoms with Gasteiger partial charge in [0.05, 0.1) is 27.2 Å². The molecule has 0 saturated heterocycles. The average molecular weight is 319 g/mol. The topological polar surface area (TPSA) is 38.8 Å². The SMILES string of the molecule is CCN(Cc1cccs1)C(=O)Cc1cc(OC)ccc1OC. The first-order valence-electron chi connectivity index (χ1n) is 7.19. The van der Waals surface area contributed by atoms with Crippen molar-refractivity contribution in [1.82, 2.24) is 4.90 Å². The number of amides is 1. The summed E-state index contributed by atoms with van der Waals surface area (Å²) in [6.45, 7) is 3.33. The molecular formula is C17H21NO3S. The minimum atomic E-state index is 0.0856. The molecule has 1 amide bonds. The third kappa shape index (κ3) is 4.01. The van der Waals surface area contributed by atoms with Crippen molar-refractivity contribution in [2.45, 2.75) is 19.9 Å². The van der Waals surface area contributed by atoms with Crippen LogP contribution in [0.2, 0.25) is 0 Å². The van der Waals surface area contributed by atoms with E-state index in [1.165, 1.54) is 4.88 Å². The van der Waals surface area contributed by atoms with Crippen molar-refractivity contribution >= 4 is 17.2 Å². The third-order valence-corrected chi connectivity index (χ3v) is 4.35. The van der Waals surface area contributed by atoms with Gasteiger partial charge < -0.3 is 14.4 Å². The molecule has 1 aromatic heterocycles. The van der Waals surface area contributed by atoms with Gasteiger partial charge in [-0.25, -0.2) is 0 Å². The molecule has 0 unspecified atom stereocenters. The smallest absolute Gasteiger partial charge is 0.227 e. The first-order chi connectivity index (χ1) is 10.7. The molecule has 2 aromatic rings. The van der Waals surface area contributed by atoms with E-state index in [4.69, 9.17) is 9.47 Å². The van der Waals surface area contributed by atoms with Crippen molar-refractivity contribution in [1.29, 1.82) is 0 Å². The van der Waals surface area contributed by atoms with Gasteiger partial charge >= 0.3 is 0 Å². The number of likely N-dealkylation sites (N-methyl/N-ethyl adjacent to an activating group) is 1. The lowest BCUT2D eigenvalue weighted by atomic mass is 10.1. The van der Waals surface area contributed by atoms with Crippen molar-refractivity contribution in [2.75, 3.05) is 20.8 Å². The summed E-state index contributed by atoms with van der Waals surface area (Å²) in [5, 5.41) is 2.03. The number of carbonyl (C=O) groups excluding carboxylic acids is 1. The highest BCUT2D eigenvalue weighted by molar-refractivity contribution is 7.09. The Morgan fingerprint density at radius 1 is 1.23 bits per heavy atom. The zero-order valence-electron chi connectivity index (χ0n) is 13.2. The summed E-state index contributed by atoms with van der Waals surface area (Å²) in [7, 11) is 3.22. The second-order valence-corrected chi connectivity index (χ2v) is 5.87. The maximum absolute atomic E-state index is 12.6. The van der Waals surface area contributed by atoms with Gasteiger partial charge in [-0.3, -0.25) is 4.79 Å². The van der Waals surface area contributed by atoms with Crippen molar-refractivity contribution < 1.29 is 14.3 Å². The summed E-state index contributed by atoms with van der Waals surface area (Å²) < 4.78 is 10.6. The van der Waals surface area contributed by atoms with Crippen molar-refractivity contribution in [3.8, 4) is 11.5 Å². The summed E-state index contributed by atoms with van der Waals surface area (Å²) in [5.74, 6) is 1.52. The van der Waals surface area contributed by atoms with E-state index >= 15 is 0 Å². The molecule has 4 nitrogen and oxygen atoms in total. The van der Waals surface area contributed by atoms with E-state index in [0.717, 1.165) is 11.3 Å². The highest BCUT2D eigenvalue weighted by Crippen LogP contribution is 2.25. The number of hydrogen-bond acceptors (Lipinski definition) is 4. The Morgan fingerprint density at radius 2 is 2.05 bits per heavy atom. The minimum absolute atomic E-state index is 0.0856. The summed E-state index contributed by atoms with van der Waals surface area (Å²) in [6, 6.07) is 9.57. The van der Waals surface area contributed by atoms with E-state index in [-0.39, 0.29) is 5.91 Å². The van der Waals surface area contributed by atoms with Crippen LogP contribution in [0.1, 0.15) is 17.4 Å². The van der Waals surface area contributed by atoms with E-state index < -0.39 is 0 Å². The molecule has 22 heavy (non-hydrogen) atoms. The van der Waals surface area contributed by atoms with Crippen molar-refractivity contribution in [3.63, 3.8) is 0 Å². The molecule has 2 rings (SSSR count). The summed E-state index contributed by atoms with van der Waals surface area (Å²) in [4.78, 5) is 15.6. The zero-order valence-corrected chi connectivity index (χ0v) is 14.0. The van der Waals surface area contributed by atoms with Crippen molar-refractivity contribution in [3.05, 3.63) is 46.2 Å². The van der Waals surface area contributed by atoms with Gasteiger partial charge in [-0.15, -0.1) is 11.3 Å². The summed E-state index contributed by atoms with van der Waals surface area (Å²) in [6.07, 6.45) is 0.305. The second-order valence-electron chi connectivity index (χ2n) is 4.84. The van der Waals surface area contributed by atoms with Gasteiger partial charge in [0.2, 0.25) is 5.91 Å². The molecule has 0 bridgehead atoms. The van der Waals surface area contributed by atoms with Gasteiger partial charge in [0.1, 0.15) is 11.5 Å². The van der Waals surface area contributed by atoms with E-state index in [9.17, 15) is 4.79 Å². The van der Waals surface area contributed by atoms with E-state index in [1.807, 2.05) is 47.5 Å². The van der Waals surface area contributed by atoms with Gasteiger partial charge in [0.15, 0.2) is 0 Å². The Kier molecular flexibility index (Phi) is 5.83. The fraction of sp³-hybridized carbons (Fsp3) is 0.353. The molecule has 118 valence electrons. The lowest BCUT2D eigenvalue weighted by Crippen LogP contribution is -2.31. The maximum Gasteiger partial charge on any atom is 0.227 e. The number of methoxy groups -OCH3 is 2. The molecule has 0 radical (unpaired) electrons. The minimum Gasteiger partial charge on any atom is -0.497 e. The van der Waals surface area contributed by atoms with Gasteiger partial charge in [0, 0.05) is 17.0 Å². The highest BCUT2D eigenvalue weighted by Gasteiger charge is 2.16. The molecule has 0 aliphatic heterocycles. The Balaban J connectivity index is 2.12. The largest absolute Gasteiger partial charge is 0.497 e. The van der Waals surface area contributed by atoms with E-state index in [1.54, 1.807) is 25.6 Å². The Hall–Kier alpha value is -2.01. The fourth-order valence-electron chi connectivity index (χ4n) is 2.26. The molecule has 0 aliphatic rings. The molecule has 0 fully saturated rings. The first-order valence-corrected chi connectivity index (χ1v) is 8.07. The summed E-state index contributed by atoms with van der Waals surface area (Å²) >= 11 is 1.67. The number of nitrogens with zero attached hydrogens (tertiary/aromatic N) is 1. The second kappa shape index (κ2) is 7.84. The number of ether oxygens (including phenoxy) is 2. The van der Waals surface area contributed by atoms with Crippen LogP contribution in [-0.4, -0.2) is 31.6 Å². The number of carbonyl (C=O) groups is 1. The van der Waals surface area contributed by atoms with Crippen LogP contribution in [0, 0.1) is 0 Å². The fourth-order valence-corrected chi connectivity index (χ4v) is 2.98. The molecule has 0 spiro atoms. The van der Waals surface area contributed by atoms with Gasteiger partial charge in [-0.1, -0.05) is 6.07 Å². The van der Waals surface area contributed by atoms with Gasteiger partial charge in [0.25, 0.3) is 0 Å². The number of hydrogen-bond donors (Lipinski definition) is 0. The number of benzene rings is 1. The molecule has 0 aliphatic carbocycles. The lowest BCUT2D eigenvalue weighted by Gasteiger charge is -2.21. The van der Waals surface area contributed by atoms with Crippen LogP contribution in [0.4, 0.5) is 0 Å². The van der Waals surface area contributed by atoms with Gasteiger partial charge in [-0.05, 0) is 36.6 Å². The molecule has 1 heterocycles. The predicted octanol–water partition coefficient (Wildman–Crippen LogP) is 3.36. The molecule has 0 saturated carbocycles. The number of rotatable bonds is 7. The Bertz CT molecular complexity index is 610. The van der Waals surface area contributed by atoms with E-state index in [0.29, 0.717) is 25.3 Å². The van der Waals surface area contributed by atoms with Crippen LogP contribution in [-0.2, 0) is 17.8 Å². The average Bonchev–Trinajstić information content (AvgIpc) is 3.05. The normalized spacial score (nSPS) is 10.3. The van der Waals surface area contributed by atoms with Crippen LogP contribution < -0.4 is 9.47 Å². The predicted molar refractivity (Wildman–Crippen MR) is 88.7 cm³/mol. The van der Waals surface area contributed by atoms with E-state index in [2.05, 4.69) is 0 Å². The standard InChI is InChI=1S/C17H21NO3S/c1-4-18(12-15-6-5-9-22-15)17(19)11-13-10-14(20-2)7-8-16(13)21-3/h5-10H,4,11-12H2,1-3H3. The van der Waals surface area contributed by atoms with Crippen LogP contribution in [0.15, 0.2) is 35.7 Å². The molecule has 1 aromatic carbocycles. The molecule has 0 N–H and O–H groups in total. The number of thiophene rings is 1. The van der Waals surface area contributed by atoms with Crippen LogP contribution in [0.5, 0.6) is 11.5 Å². The molecular weight excluding hydrogens is 298 g/mol. The molecule has 5 heteroatoms. The summed E-state index contributed by atoms with van der Waals surface area (Å²) in [5.41, 5.74) is 0.844. The van der Waals surface area contributed by atoms with Crippen LogP contribution >= 0.6 is 11.3 Å². The van der Waals surface area contributed by atoms with Crippen LogP contribution in [0.3, 0.4) is 0 Å². The first kappa shape index (κ1) is 16.4. The highest BCUT2D eigenvalue weighted by atomic mass is 32.1. The third-order valence-electron chi connectivity index (χ3n) is 3.49. The van der Waals surface area contributed by atoms with Crippen molar-refractivity contribution in [2.24, 2.45) is 0 Å². The molecule has 0 atom stereocenters. The Labute approximate surface area is 135 Å². The van der Waals surface area contributed by atoms with Gasteiger partial charge in [-0.2, -0.15) is 0 Å².